The third-order valence-corrected chi connectivity index (χ3v) is 1.40. The monoisotopic (exact) mass is 152 g/mol. The number of hydrogen-bond acceptors (Lipinski definition) is 1. The maximum atomic E-state index is 11.0. The molecular weight excluding hydrogens is 140 g/mol. The smallest absolute Gasteiger partial charge is 0.224 e. The molecule has 0 spiro atoms. The average molecular weight is 152 g/mol. The number of hydrogen-bond donors (Lipinski definition) is 2. The van der Waals surface area contributed by atoms with Gasteiger partial charge >= 0.3 is 0 Å². The van der Waals surface area contributed by atoms with Gasteiger partial charge in [-0.1, -0.05) is 0 Å². The molecule has 1 aromatic rings. The van der Waals surface area contributed by atoms with Crippen LogP contribution < -0.4 is 5.32 Å². The standard InChI is InChI=1S/C8H12N2O/c1-2-10-8(11)5-7-3-4-9-6-7/h3-4,6,9H,2,5H2,1H3,(H,10,11). The number of carbonyl (C=O) groups excluding carboxylic acids is 1. The summed E-state index contributed by atoms with van der Waals surface area (Å²) in [7, 11) is 0. The van der Waals surface area contributed by atoms with Gasteiger partial charge in [0.1, 0.15) is 0 Å². The molecule has 1 amide bonds. The van der Waals surface area contributed by atoms with Crippen LogP contribution in [-0.2, 0) is 11.2 Å². The van der Waals surface area contributed by atoms with E-state index < -0.39 is 0 Å². The number of aromatic nitrogens is 1. The molecule has 0 aromatic carbocycles. The number of amides is 1. The van der Waals surface area contributed by atoms with Crippen molar-refractivity contribution in [3.63, 3.8) is 0 Å². The molecule has 0 unspecified atom stereocenters. The molecule has 0 aliphatic carbocycles. The van der Waals surface area contributed by atoms with Crippen LogP contribution in [0.25, 0.3) is 0 Å². The van der Waals surface area contributed by atoms with Crippen LogP contribution in [-0.4, -0.2) is 17.4 Å². The zero-order chi connectivity index (χ0) is 8.10. The van der Waals surface area contributed by atoms with Crippen molar-refractivity contribution < 1.29 is 4.79 Å². The Labute approximate surface area is 65.8 Å². The van der Waals surface area contributed by atoms with Crippen LogP contribution in [0.5, 0.6) is 0 Å². The van der Waals surface area contributed by atoms with Crippen molar-refractivity contribution >= 4 is 5.91 Å². The largest absolute Gasteiger partial charge is 0.367 e. The van der Waals surface area contributed by atoms with Crippen LogP contribution in [0.1, 0.15) is 12.5 Å². The Morgan fingerprint density at radius 3 is 3.09 bits per heavy atom. The van der Waals surface area contributed by atoms with Crippen LogP contribution in [0.2, 0.25) is 0 Å². The summed E-state index contributed by atoms with van der Waals surface area (Å²) < 4.78 is 0. The summed E-state index contributed by atoms with van der Waals surface area (Å²) in [6, 6.07) is 1.90. The fraction of sp³-hybridized carbons (Fsp3) is 0.375. The first-order valence-electron chi connectivity index (χ1n) is 3.71. The Bertz CT molecular complexity index is 216. The minimum atomic E-state index is 0.0760. The molecule has 1 rings (SSSR count). The second-order valence-electron chi connectivity index (χ2n) is 2.35. The molecule has 0 saturated carbocycles. The second-order valence-corrected chi connectivity index (χ2v) is 2.35. The number of rotatable bonds is 3. The van der Waals surface area contributed by atoms with Crippen LogP contribution in [0.15, 0.2) is 18.5 Å². The molecule has 0 radical (unpaired) electrons. The highest BCUT2D eigenvalue weighted by Crippen LogP contribution is 1.96. The van der Waals surface area contributed by atoms with E-state index in [1.807, 2.05) is 25.4 Å². The summed E-state index contributed by atoms with van der Waals surface area (Å²) in [6.07, 6.45) is 4.11. The molecule has 0 atom stereocenters. The topological polar surface area (TPSA) is 44.9 Å². The zero-order valence-corrected chi connectivity index (χ0v) is 6.55. The molecule has 1 aromatic heterocycles. The van der Waals surface area contributed by atoms with Crippen molar-refractivity contribution in [2.24, 2.45) is 0 Å². The van der Waals surface area contributed by atoms with Crippen molar-refractivity contribution in [2.75, 3.05) is 6.54 Å². The van der Waals surface area contributed by atoms with Crippen molar-refractivity contribution in [1.82, 2.24) is 10.3 Å². The fourth-order valence-corrected chi connectivity index (χ4v) is 0.913. The van der Waals surface area contributed by atoms with Gasteiger partial charge in [-0.25, -0.2) is 0 Å². The second kappa shape index (κ2) is 3.81. The van der Waals surface area contributed by atoms with Crippen LogP contribution in [0.4, 0.5) is 0 Å². The lowest BCUT2D eigenvalue weighted by Crippen LogP contribution is -2.24. The van der Waals surface area contributed by atoms with Crippen molar-refractivity contribution in [2.45, 2.75) is 13.3 Å². The van der Waals surface area contributed by atoms with Gasteiger partial charge in [0.05, 0.1) is 6.42 Å². The SMILES string of the molecule is CCNC(=O)Cc1cc[nH]c1. The van der Waals surface area contributed by atoms with Crippen LogP contribution >= 0.6 is 0 Å². The number of H-pyrrole nitrogens is 1. The summed E-state index contributed by atoms with van der Waals surface area (Å²) in [6.45, 7) is 2.61. The zero-order valence-electron chi connectivity index (χ0n) is 6.55. The summed E-state index contributed by atoms with van der Waals surface area (Å²) in [5.74, 6) is 0.0760. The van der Waals surface area contributed by atoms with E-state index in [1.165, 1.54) is 0 Å². The highest BCUT2D eigenvalue weighted by atomic mass is 16.1. The van der Waals surface area contributed by atoms with E-state index in [0.29, 0.717) is 13.0 Å². The number of nitrogens with one attached hydrogen (secondary N) is 2. The van der Waals surface area contributed by atoms with Crippen LogP contribution in [0.3, 0.4) is 0 Å². The lowest BCUT2D eigenvalue weighted by molar-refractivity contribution is -0.120. The Kier molecular flexibility index (Phi) is 2.72. The maximum absolute atomic E-state index is 11.0. The predicted molar refractivity (Wildman–Crippen MR) is 43.2 cm³/mol. The predicted octanol–water partition coefficient (Wildman–Crippen LogP) is 0.693. The molecule has 11 heavy (non-hydrogen) atoms. The molecule has 0 fully saturated rings. The van der Waals surface area contributed by atoms with Gasteiger partial charge in [-0.15, -0.1) is 0 Å². The average Bonchev–Trinajstić information content (AvgIpc) is 2.40. The lowest BCUT2D eigenvalue weighted by atomic mass is 10.2. The van der Waals surface area contributed by atoms with E-state index in [1.54, 1.807) is 0 Å². The first-order chi connectivity index (χ1) is 5.33. The number of likely N-dealkylation sites (N-methyl/N-ethyl adjacent to an activating group) is 1. The Balaban J connectivity index is 2.37. The molecule has 0 bridgehead atoms. The van der Waals surface area contributed by atoms with Gasteiger partial charge < -0.3 is 10.3 Å². The Hall–Kier alpha value is -1.25. The molecule has 0 aliphatic heterocycles. The quantitative estimate of drug-likeness (QED) is 0.657. The third kappa shape index (κ3) is 2.45. The maximum Gasteiger partial charge on any atom is 0.224 e. The molecule has 60 valence electrons. The summed E-state index contributed by atoms with van der Waals surface area (Å²) in [4.78, 5) is 13.9. The number of aromatic amines is 1. The van der Waals surface area contributed by atoms with E-state index in [9.17, 15) is 4.79 Å². The molecular formula is C8H12N2O. The van der Waals surface area contributed by atoms with E-state index >= 15 is 0 Å². The summed E-state index contributed by atoms with van der Waals surface area (Å²) >= 11 is 0. The van der Waals surface area contributed by atoms with Gasteiger partial charge in [0.2, 0.25) is 5.91 Å². The van der Waals surface area contributed by atoms with E-state index in [2.05, 4.69) is 10.3 Å². The third-order valence-electron chi connectivity index (χ3n) is 1.40. The van der Waals surface area contributed by atoms with Crippen molar-refractivity contribution in [3.05, 3.63) is 24.0 Å². The first kappa shape index (κ1) is 7.85. The minimum Gasteiger partial charge on any atom is -0.367 e. The molecule has 3 nitrogen and oxygen atoms in total. The fourth-order valence-electron chi connectivity index (χ4n) is 0.913. The summed E-state index contributed by atoms with van der Waals surface area (Å²) in [5, 5.41) is 2.73. The van der Waals surface area contributed by atoms with Gasteiger partial charge in [-0.05, 0) is 18.6 Å². The van der Waals surface area contributed by atoms with Gasteiger partial charge in [0.15, 0.2) is 0 Å². The Morgan fingerprint density at radius 2 is 2.55 bits per heavy atom. The summed E-state index contributed by atoms with van der Waals surface area (Å²) in [5.41, 5.74) is 1.02. The lowest BCUT2D eigenvalue weighted by Gasteiger charge is -1.98. The van der Waals surface area contributed by atoms with Gasteiger partial charge in [-0.2, -0.15) is 0 Å². The highest BCUT2D eigenvalue weighted by Gasteiger charge is 2.00. The van der Waals surface area contributed by atoms with Crippen molar-refractivity contribution in [3.8, 4) is 0 Å². The first-order valence-corrected chi connectivity index (χ1v) is 3.71. The van der Waals surface area contributed by atoms with Gasteiger partial charge in [0.25, 0.3) is 0 Å². The minimum absolute atomic E-state index is 0.0760. The molecule has 0 saturated heterocycles. The van der Waals surface area contributed by atoms with Crippen molar-refractivity contribution in [1.29, 1.82) is 0 Å². The van der Waals surface area contributed by atoms with E-state index in [4.69, 9.17) is 0 Å². The van der Waals surface area contributed by atoms with Gasteiger partial charge in [0, 0.05) is 18.9 Å². The molecule has 1 heterocycles. The van der Waals surface area contributed by atoms with Gasteiger partial charge in [-0.3, -0.25) is 4.79 Å². The molecule has 3 heteroatoms. The normalized spacial score (nSPS) is 9.55. The molecule has 2 N–H and O–H groups in total. The van der Waals surface area contributed by atoms with E-state index in [0.717, 1.165) is 5.56 Å². The Morgan fingerprint density at radius 1 is 1.73 bits per heavy atom. The number of carbonyl (C=O) groups is 1. The highest BCUT2D eigenvalue weighted by molar-refractivity contribution is 5.78. The molecule has 0 aliphatic rings. The van der Waals surface area contributed by atoms with Crippen LogP contribution in [0, 0.1) is 0 Å². The van der Waals surface area contributed by atoms with E-state index in [-0.39, 0.29) is 5.91 Å².